The summed E-state index contributed by atoms with van der Waals surface area (Å²) < 4.78 is 58.4. The summed E-state index contributed by atoms with van der Waals surface area (Å²) in [5.74, 6) is -1.02. The predicted molar refractivity (Wildman–Crippen MR) is 175 cm³/mol. The monoisotopic (exact) mass is 769 g/mol. The van der Waals surface area contributed by atoms with Crippen LogP contribution in [0, 0.1) is 15.5 Å². The molecule has 0 radical (unpaired) electrons. The van der Waals surface area contributed by atoms with Gasteiger partial charge in [-0.15, -0.1) is 0 Å². The zero-order valence-corrected chi connectivity index (χ0v) is 29.1. The zero-order chi connectivity index (χ0) is 37.9. The Balaban J connectivity index is 0.000000287. The minimum absolute atomic E-state index is 0.00687. The second-order valence-electron chi connectivity index (χ2n) is 10.8. The third-order valence-electron chi connectivity index (χ3n) is 6.17. The van der Waals surface area contributed by atoms with Crippen molar-refractivity contribution in [3.63, 3.8) is 0 Å². The number of hydroxylamine groups is 2. The van der Waals surface area contributed by atoms with Crippen LogP contribution >= 0.6 is 30.8 Å². The standard InChI is InChI=1S/C15H11ClF3NO4.C12H14ClNO2.C3H8NO5P/c1-2-23-14-8-10(4-5-12(14)20(21)22)24-13-6-3-9(7-11(13)16)15(17,18)19;1-12(2)8-16-14(11(12)15)7-9-5-3-4-6-10(9)13;5-3(6)1-4-2-10(7,8)9/h3-8H,2H2,1H3;3-6H,7-8H2,1-2H3;4H,1-2H2,(H,5,6)(H2,7,8,9). The fraction of sp³-hybridized carbons (Fsp3) is 0.333. The summed E-state index contributed by atoms with van der Waals surface area (Å²) >= 11 is 11.8. The van der Waals surface area contributed by atoms with Crippen molar-refractivity contribution in [3.05, 3.63) is 92.0 Å². The lowest BCUT2D eigenvalue weighted by molar-refractivity contribution is -0.385. The van der Waals surface area contributed by atoms with Gasteiger partial charge in [0, 0.05) is 17.2 Å². The van der Waals surface area contributed by atoms with Gasteiger partial charge in [-0.2, -0.15) is 13.2 Å². The first-order valence-corrected chi connectivity index (χ1v) is 16.8. The number of aliphatic carboxylic acids is 1. The van der Waals surface area contributed by atoms with E-state index in [-0.39, 0.29) is 40.5 Å². The fourth-order valence-corrected chi connectivity index (χ4v) is 4.59. The molecule has 0 saturated carbocycles. The molecular weight excluding hydrogens is 737 g/mol. The van der Waals surface area contributed by atoms with Crippen LogP contribution in [0.4, 0.5) is 18.9 Å². The molecule has 14 nitrogen and oxygen atoms in total. The van der Waals surface area contributed by atoms with Gasteiger partial charge in [-0.1, -0.05) is 41.4 Å². The number of nitrogens with one attached hydrogen (secondary N) is 1. The molecule has 0 spiro atoms. The Morgan fingerprint density at radius 3 is 2.26 bits per heavy atom. The number of nitro groups is 1. The molecule has 0 unspecified atom stereocenters. The molecule has 0 aromatic heterocycles. The highest BCUT2D eigenvalue weighted by Gasteiger charge is 2.40. The Morgan fingerprint density at radius 1 is 1.10 bits per heavy atom. The number of nitrogens with zero attached hydrogens (tertiary/aromatic N) is 2. The molecule has 1 heterocycles. The summed E-state index contributed by atoms with van der Waals surface area (Å²) in [6.07, 6.45) is -5.11. The van der Waals surface area contributed by atoms with Gasteiger partial charge in [0.1, 0.15) is 11.5 Å². The molecule has 4 N–H and O–H groups in total. The van der Waals surface area contributed by atoms with Gasteiger partial charge >= 0.3 is 25.4 Å². The van der Waals surface area contributed by atoms with Gasteiger partial charge in [0.2, 0.25) is 5.75 Å². The molecule has 1 saturated heterocycles. The van der Waals surface area contributed by atoms with Crippen molar-refractivity contribution in [1.82, 2.24) is 10.4 Å². The molecule has 0 bridgehead atoms. The van der Waals surface area contributed by atoms with Crippen LogP contribution in [0.3, 0.4) is 0 Å². The molecule has 0 atom stereocenters. The highest BCUT2D eigenvalue weighted by atomic mass is 35.5. The van der Waals surface area contributed by atoms with Crippen molar-refractivity contribution >= 4 is 48.4 Å². The molecule has 3 aromatic carbocycles. The van der Waals surface area contributed by atoms with Gasteiger partial charge in [0.05, 0.1) is 53.5 Å². The van der Waals surface area contributed by atoms with E-state index < -0.39 is 48.5 Å². The number of carbonyl (C=O) groups excluding carboxylic acids is 1. The van der Waals surface area contributed by atoms with E-state index >= 15 is 0 Å². The maximum Gasteiger partial charge on any atom is 0.416 e. The van der Waals surface area contributed by atoms with E-state index in [4.69, 9.17) is 52.4 Å². The van der Waals surface area contributed by atoms with Gasteiger partial charge in [0.25, 0.3) is 5.91 Å². The lowest BCUT2D eigenvalue weighted by Gasteiger charge is -2.16. The Labute approximate surface area is 293 Å². The Hall–Kier alpha value is -3.96. The van der Waals surface area contributed by atoms with Crippen molar-refractivity contribution in [2.75, 3.05) is 26.0 Å². The van der Waals surface area contributed by atoms with Crippen LogP contribution in [-0.2, 0) is 31.7 Å². The van der Waals surface area contributed by atoms with Crippen LogP contribution in [-0.4, -0.2) is 62.8 Å². The maximum atomic E-state index is 12.6. The summed E-state index contributed by atoms with van der Waals surface area (Å²) in [6.45, 7) is 6.00. The van der Waals surface area contributed by atoms with Crippen molar-refractivity contribution in [1.29, 1.82) is 0 Å². The number of carbonyl (C=O) groups is 2. The van der Waals surface area contributed by atoms with Gasteiger partial charge in [-0.05, 0) is 56.7 Å². The largest absolute Gasteiger partial charge is 0.487 e. The first-order chi connectivity index (χ1) is 23.1. The molecule has 1 aliphatic heterocycles. The van der Waals surface area contributed by atoms with Gasteiger partial charge < -0.3 is 24.4 Å². The molecule has 20 heteroatoms. The average molecular weight is 770 g/mol. The number of hydrogen-bond acceptors (Lipinski definition) is 9. The first kappa shape index (κ1) is 42.2. The molecular formula is C30H33Cl2F3N3O11P. The summed E-state index contributed by atoms with van der Waals surface area (Å²) in [4.78, 5) is 53.7. The van der Waals surface area contributed by atoms with Crippen molar-refractivity contribution in [2.24, 2.45) is 5.41 Å². The van der Waals surface area contributed by atoms with Crippen LogP contribution in [0.2, 0.25) is 10.0 Å². The van der Waals surface area contributed by atoms with E-state index in [9.17, 15) is 37.4 Å². The maximum absolute atomic E-state index is 12.6. The van der Waals surface area contributed by atoms with E-state index in [2.05, 4.69) is 5.32 Å². The molecule has 1 amide bonds. The van der Waals surface area contributed by atoms with Crippen LogP contribution < -0.4 is 14.8 Å². The summed E-state index contributed by atoms with van der Waals surface area (Å²) in [5.41, 5.74) is -0.683. The summed E-state index contributed by atoms with van der Waals surface area (Å²) in [5, 5.41) is 22.8. The van der Waals surface area contributed by atoms with Crippen LogP contribution in [0.15, 0.2) is 60.7 Å². The van der Waals surface area contributed by atoms with Crippen molar-refractivity contribution in [3.8, 4) is 17.2 Å². The number of halogens is 5. The number of ether oxygens (including phenoxy) is 2. The van der Waals surface area contributed by atoms with E-state index in [1.165, 1.54) is 23.3 Å². The Bertz CT molecular complexity index is 1710. The predicted octanol–water partition coefficient (Wildman–Crippen LogP) is 6.89. The average Bonchev–Trinajstić information content (AvgIpc) is 3.25. The van der Waals surface area contributed by atoms with Gasteiger partial charge in [-0.25, -0.2) is 5.06 Å². The van der Waals surface area contributed by atoms with Gasteiger partial charge in [0.15, 0.2) is 0 Å². The van der Waals surface area contributed by atoms with E-state index in [1.807, 2.05) is 38.1 Å². The third kappa shape index (κ3) is 13.7. The van der Waals surface area contributed by atoms with Crippen LogP contribution in [0.1, 0.15) is 31.9 Å². The molecule has 0 aliphatic carbocycles. The highest BCUT2D eigenvalue weighted by Crippen LogP contribution is 2.38. The highest BCUT2D eigenvalue weighted by molar-refractivity contribution is 7.51. The van der Waals surface area contributed by atoms with Crippen molar-refractivity contribution < 1.29 is 61.5 Å². The Morgan fingerprint density at radius 2 is 1.76 bits per heavy atom. The van der Waals surface area contributed by atoms with Crippen LogP contribution in [0.25, 0.3) is 0 Å². The van der Waals surface area contributed by atoms with E-state index in [0.29, 0.717) is 18.2 Å². The van der Waals surface area contributed by atoms with E-state index in [0.717, 1.165) is 23.8 Å². The second-order valence-corrected chi connectivity index (χ2v) is 13.3. The molecule has 274 valence electrons. The van der Waals surface area contributed by atoms with Crippen molar-refractivity contribution in [2.45, 2.75) is 33.5 Å². The normalized spacial score (nSPS) is 13.8. The van der Waals surface area contributed by atoms with Gasteiger partial charge in [-0.3, -0.25) is 34.4 Å². The summed E-state index contributed by atoms with van der Waals surface area (Å²) in [7, 11) is -4.10. The number of rotatable bonds is 11. The second kappa shape index (κ2) is 18.3. The number of nitro benzene ring substituents is 1. The number of carboxylic acid groups (broad SMARTS) is 1. The number of alkyl halides is 3. The smallest absolute Gasteiger partial charge is 0.416 e. The third-order valence-corrected chi connectivity index (χ3v) is 7.47. The topological polar surface area (TPSA) is 198 Å². The lowest BCUT2D eigenvalue weighted by Crippen LogP contribution is -2.30. The number of benzene rings is 3. The lowest BCUT2D eigenvalue weighted by atomic mass is 9.95. The number of hydrogen-bond donors (Lipinski definition) is 4. The fourth-order valence-electron chi connectivity index (χ4n) is 3.77. The molecule has 4 rings (SSSR count). The SMILES string of the molecule is CC1(C)CON(Cc2ccccc2Cl)C1=O.CCOc1cc(Oc2ccc(C(F)(F)F)cc2Cl)ccc1[N+](=O)[O-].O=C(O)CNCP(=O)(O)O. The number of amides is 1. The molecule has 3 aromatic rings. The molecule has 1 aliphatic rings. The van der Waals surface area contributed by atoms with E-state index in [1.54, 1.807) is 6.92 Å². The zero-order valence-electron chi connectivity index (χ0n) is 26.6. The first-order valence-electron chi connectivity index (χ1n) is 14.3. The summed E-state index contributed by atoms with van der Waals surface area (Å²) in [6, 6.07) is 13.9. The number of carboxylic acids is 1. The van der Waals surface area contributed by atoms with Crippen LogP contribution in [0.5, 0.6) is 17.2 Å². The molecule has 50 heavy (non-hydrogen) atoms. The quantitative estimate of drug-likeness (QED) is 0.0896. The Kier molecular flexibility index (Phi) is 15.5. The molecule has 1 fully saturated rings. The minimum Gasteiger partial charge on any atom is -0.487 e. The minimum atomic E-state index is -4.52.